The summed E-state index contributed by atoms with van der Waals surface area (Å²) in [5.41, 5.74) is -2.59. The van der Waals surface area contributed by atoms with Gasteiger partial charge in [0.05, 0.1) is 11.3 Å². The first-order valence-electron chi connectivity index (χ1n) is 8.85. The van der Waals surface area contributed by atoms with Gasteiger partial charge in [0, 0.05) is 11.4 Å². The summed E-state index contributed by atoms with van der Waals surface area (Å²) in [5, 5.41) is 6.45. The summed E-state index contributed by atoms with van der Waals surface area (Å²) in [4.78, 5) is 24.2. The molecule has 0 saturated carbocycles. The normalized spacial score (nSPS) is 11.1. The maximum absolute atomic E-state index is 14.1. The lowest BCUT2D eigenvalue weighted by atomic mass is 10.1. The molecule has 0 radical (unpaired) electrons. The zero-order chi connectivity index (χ0) is 23.5. The van der Waals surface area contributed by atoms with Crippen LogP contribution in [0.1, 0.15) is 15.9 Å². The van der Waals surface area contributed by atoms with Crippen LogP contribution in [0.5, 0.6) is 0 Å². The summed E-state index contributed by atoms with van der Waals surface area (Å²) in [6.07, 6.45) is -4.60. The third-order valence-corrected chi connectivity index (χ3v) is 4.11. The molecule has 0 aliphatic heterocycles. The number of halogens is 6. The summed E-state index contributed by atoms with van der Waals surface area (Å²) in [5.74, 6) is -4.53. The smallest absolute Gasteiger partial charge is 0.319 e. The number of nitrogens with one attached hydrogen (secondary N) is 3. The van der Waals surface area contributed by atoms with Gasteiger partial charge in [-0.1, -0.05) is 12.1 Å². The summed E-state index contributed by atoms with van der Waals surface area (Å²) in [6.45, 7) is 0. The van der Waals surface area contributed by atoms with E-state index in [4.69, 9.17) is 0 Å². The van der Waals surface area contributed by atoms with Crippen molar-refractivity contribution in [2.24, 2.45) is 0 Å². The molecule has 0 saturated heterocycles. The van der Waals surface area contributed by atoms with Crippen LogP contribution in [0.2, 0.25) is 0 Å². The summed E-state index contributed by atoms with van der Waals surface area (Å²) in [7, 11) is 0. The van der Waals surface area contributed by atoms with E-state index in [0.29, 0.717) is 0 Å². The molecule has 0 heterocycles. The van der Waals surface area contributed by atoms with Crippen molar-refractivity contribution in [1.82, 2.24) is 0 Å². The van der Waals surface area contributed by atoms with Gasteiger partial charge in [-0.05, 0) is 48.5 Å². The highest BCUT2D eigenvalue weighted by atomic mass is 19.4. The molecule has 0 aliphatic carbocycles. The van der Waals surface area contributed by atoms with Crippen molar-refractivity contribution < 1.29 is 35.9 Å². The SMILES string of the molecule is O=C(Nc1cccc(C(F)(F)F)c1)Nc1ccc(F)c(NC(=O)c2c(F)cccc2F)c1. The number of amides is 3. The Morgan fingerprint density at radius 1 is 0.688 bits per heavy atom. The molecule has 5 nitrogen and oxygen atoms in total. The number of rotatable bonds is 4. The number of carbonyl (C=O) groups is 2. The quantitative estimate of drug-likeness (QED) is 0.423. The Morgan fingerprint density at radius 3 is 1.91 bits per heavy atom. The predicted octanol–water partition coefficient (Wildman–Crippen LogP) is 6.02. The number of benzene rings is 3. The summed E-state index contributed by atoms with van der Waals surface area (Å²) >= 11 is 0. The van der Waals surface area contributed by atoms with Gasteiger partial charge in [0.15, 0.2) is 0 Å². The maximum atomic E-state index is 14.1. The Labute approximate surface area is 177 Å². The molecular formula is C21H13F6N3O2. The van der Waals surface area contributed by atoms with Crippen LogP contribution in [-0.2, 0) is 6.18 Å². The molecule has 0 atom stereocenters. The maximum Gasteiger partial charge on any atom is 0.416 e. The molecule has 0 bridgehead atoms. The molecule has 0 fully saturated rings. The molecule has 3 aromatic carbocycles. The van der Waals surface area contributed by atoms with Crippen LogP contribution < -0.4 is 16.0 Å². The molecule has 0 aromatic heterocycles. The zero-order valence-electron chi connectivity index (χ0n) is 15.9. The molecule has 3 N–H and O–H groups in total. The van der Waals surface area contributed by atoms with E-state index in [2.05, 4.69) is 10.6 Å². The van der Waals surface area contributed by atoms with Gasteiger partial charge in [0.1, 0.15) is 23.0 Å². The van der Waals surface area contributed by atoms with E-state index in [0.717, 1.165) is 54.6 Å². The van der Waals surface area contributed by atoms with Crippen molar-refractivity contribution >= 4 is 29.0 Å². The van der Waals surface area contributed by atoms with Crippen molar-refractivity contribution in [1.29, 1.82) is 0 Å². The number of hydrogen-bond donors (Lipinski definition) is 3. The standard InChI is InChI=1S/C21H13F6N3O2/c22-14-8-7-13(10-17(14)30-19(31)18-15(23)5-2-6-16(18)24)29-20(32)28-12-4-1-3-11(9-12)21(25,26)27/h1-10H,(H,30,31)(H2,28,29,32). The minimum Gasteiger partial charge on any atom is -0.319 e. The highest BCUT2D eigenvalue weighted by Gasteiger charge is 2.30. The highest BCUT2D eigenvalue weighted by molar-refractivity contribution is 6.05. The first kappa shape index (κ1) is 22.7. The summed E-state index contributed by atoms with van der Waals surface area (Å²) < 4.78 is 79.8. The van der Waals surface area contributed by atoms with E-state index in [-0.39, 0.29) is 11.4 Å². The Hall–Kier alpha value is -4.02. The lowest BCUT2D eigenvalue weighted by Gasteiger charge is -2.12. The van der Waals surface area contributed by atoms with Crippen LogP contribution in [0.3, 0.4) is 0 Å². The molecule has 0 unspecified atom stereocenters. The van der Waals surface area contributed by atoms with Crippen LogP contribution in [0.4, 0.5) is 48.2 Å². The number of alkyl halides is 3. The molecule has 32 heavy (non-hydrogen) atoms. The van der Waals surface area contributed by atoms with Crippen molar-refractivity contribution in [3.05, 3.63) is 89.2 Å². The van der Waals surface area contributed by atoms with Crippen LogP contribution in [0.15, 0.2) is 60.7 Å². The monoisotopic (exact) mass is 453 g/mol. The number of anilines is 3. The second-order valence-electron chi connectivity index (χ2n) is 6.40. The topological polar surface area (TPSA) is 70.2 Å². The van der Waals surface area contributed by atoms with Crippen LogP contribution in [0.25, 0.3) is 0 Å². The molecule has 3 aromatic rings. The van der Waals surface area contributed by atoms with Crippen molar-refractivity contribution in [2.75, 3.05) is 16.0 Å². The van der Waals surface area contributed by atoms with Gasteiger partial charge in [-0.2, -0.15) is 13.2 Å². The number of hydrogen-bond acceptors (Lipinski definition) is 2. The Bertz CT molecular complexity index is 1160. The average molecular weight is 453 g/mol. The number of urea groups is 1. The molecule has 166 valence electrons. The molecule has 11 heteroatoms. The molecule has 3 rings (SSSR count). The van der Waals surface area contributed by atoms with Gasteiger partial charge >= 0.3 is 12.2 Å². The summed E-state index contributed by atoms with van der Waals surface area (Å²) in [6, 6.07) is 8.64. The lowest BCUT2D eigenvalue weighted by Crippen LogP contribution is -2.20. The molecule has 0 aliphatic rings. The van der Waals surface area contributed by atoms with Crippen LogP contribution in [-0.4, -0.2) is 11.9 Å². The van der Waals surface area contributed by atoms with Crippen molar-refractivity contribution in [2.45, 2.75) is 6.18 Å². The third kappa shape index (κ3) is 5.36. The average Bonchev–Trinajstić information content (AvgIpc) is 2.70. The Kier molecular flexibility index (Phi) is 6.37. The van der Waals surface area contributed by atoms with Gasteiger partial charge < -0.3 is 16.0 Å². The largest absolute Gasteiger partial charge is 0.416 e. The minimum atomic E-state index is -4.60. The fourth-order valence-electron chi connectivity index (χ4n) is 2.67. The fraction of sp³-hybridized carbons (Fsp3) is 0.0476. The van der Waals surface area contributed by atoms with Crippen LogP contribution in [0, 0.1) is 17.5 Å². The van der Waals surface area contributed by atoms with Crippen LogP contribution >= 0.6 is 0 Å². The second-order valence-corrected chi connectivity index (χ2v) is 6.40. The van der Waals surface area contributed by atoms with Gasteiger partial charge in [-0.3, -0.25) is 4.79 Å². The van der Waals surface area contributed by atoms with E-state index in [9.17, 15) is 35.9 Å². The first-order valence-corrected chi connectivity index (χ1v) is 8.85. The van der Waals surface area contributed by atoms with E-state index >= 15 is 0 Å². The van der Waals surface area contributed by atoms with Crippen molar-refractivity contribution in [3.63, 3.8) is 0 Å². The van der Waals surface area contributed by atoms with E-state index < -0.39 is 52.4 Å². The number of carbonyl (C=O) groups excluding carboxylic acids is 2. The van der Waals surface area contributed by atoms with E-state index in [1.54, 1.807) is 0 Å². The zero-order valence-corrected chi connectivity index (χ0v) is 15.9. The lowest BCUT2D eigenvalue weighted by molar-refractivity contribution is -0.137. The third-order valence-electron chi connectivity index (χ3n) is 4.11. The van der Waals surface area contributed by atoms with Gasteiger partial charge in [0.2, 0.25) is 0 Å². The minimum absolute atomic E-state index is 0.0554. The van der Waals surface area contributed by atoms with Crippen molar-refractivity contribution in [3.8, 4) is 0 Å². The fourth-order valence-corrected chi connectivity index (χ4v) is 2.67. The van der Waals surface area contributed by atoms with E-state index in [1.165, 1.54) is 6.07 Å². The first-order chi connectivity index (χ1) is 15.0. The molecule has 3 amide bonds. The highest BCUT2D eigenvalue weighted by Crippen LogP contribution is 2.30. The predicted molar refractivity (Wildman–Crippen MR) is 105 cm³/mol. The Morgan fingerprint density at radius 2 is 1.28 bits per heavy atom. The van der Waals surface area contributed by atoms with Gasteiger partial charge in [-0.15, -0.1) is 0 Å². The van der Waals surface area contributed by atoms with Gasteiger partial charge in [0.25, 0.3) is 5.91 Å². The van der Waals surface area contributed by atoms with E-state index in [1.807, 2.05) is 5.32 Å². The Balaban J connectivity index is 1.73. The van der Waals surface area contributed by atoms with Gasteiger partial charge in [-0.25, -0.2) is 18.0 Å². The second kappa shape index (κ2) is 9.00. The molecule has 0 spiro atoms. The molecular weight excluding hydrogens is 440 g/mol.